The Hall–Kier alpha value is -4.92. The summed E-state index contributed by atoms with van der Waals surface area (Å²) in [5.74, 6) is -2.93. The molecular formula is C23H19F4N7O4. The maximum absolute atomic E-state index is 14.5. The van der Waals surface area contributed by atoms with Crippen LogP contribution < -0.4 is 32.3 Å². The van der Waals surface area contributed by atoms with Crippen molar-refractivity contribution < 1.29 is 36.4 Å². The van der Waals surface area contributed by atoms with Crippen molar-refractivity contribution in [1.29, 1.82) is 0 Å². The first-order chi connectivity index (χ1) is 17.9. The number of nitrogens with zero attached hydrogens (tertiary/aromatic N) is 3. The van der Waals surface area contributed by atoms with Crippen LogP contribution in [-0.2, 0) is 15.8 Å². The van der Waals surface area contributed by atoms with Crippen LogP contribution in [-0.4, -0.2) is 30.2 Å². The number of primary amides is 2. The van der Waals surface area contributed by atoms with Gasteiger partial charge in [-0.05, 0) is 48.5 Å². The topological polar surface area (TPSA) is 173 Å². The number of nitrogens with one attached hydrogen (secondary N) is 1. The van der Waals surface area contributed by atoms with Gasteiger partial charge in [-0.25, -0.2) is 9.18 Å². The molecule has 38 heavy (non-hydrogen) atoms. The Bertz CT molecular complexity index is 1440. The number of benzene rings is 2. The van der Waals surface area contributed by atoms with E-state index in [1.807, 2.05) is 0 Å². The van der Waals surface area contributed by atoms with Crippen LogP contribution in [0.1, 0.15) is 17.3 Å². The Morgan fingerprint density at radius 2 is 1.76 bits per heavy atom. The summed E-state index contributed by atoms with van der Waals surface area (Å²) in [6.45, 7) is -0.485. The summed E-state index contributed by atoms with van der Waals surface area (Å²) in [6, 6.07) is 7.10. The first-order valence-electron chi connectivity index (χ1n) is 10.7. The smallest absolute Gasteiger partial charge is 0.416 e. The minimum absolute atomic E-state index is 0.0644. The van der Waals surface area contributed by atoms with Gasteiger partial charge in [0.05, 0.1) is 35.3 Å². The van der Waals surface area contributed by atoms with E-state index in [9.17, 15) is 31.9 Å². The molecule has 11 nitrogen and oxygen atoms in total. The molecule has 1 aliphatic rings. The van der Waals surface area contributed by atoms with E-state index in [0.29, 0.717) is 28.7 Å². The van der Waals surface area contributed by atoms with E-state index in [2.05, 4.69) is 10.3 Å². The minimum atomic E-state index is -4.79. The van der Waals surface area contributed by atoms with Crippen molar-refractivity contribution in [3.8, 4) is 0 Å². The number of furan rings is 1. The monoisotopic (exact) mass is 533 g/mol. The molecule has 1 aliphatic heterocycles. The van der Waals surface area contributed by atoms with Crippen LogP contribution >= 0.6 is 0 Å². The van der Waals surface area contributed by atoms with Crippen LogP contribution in [0.25, 0.3) is 0 Å². The zero-order valence-corrected chi connectivity index (χ0v) is 19.2. The summed E-state index contributed by atoms with van der Waals surface area (Å²) >= 11 is 0. The van der Waals surface area contributed by atoms with Crippen LogP contribution in [0.4, 0.5) is 45.3 Å². The molecule has 0 saturated carbocycles. The number of fused-ring (bicyclic) bond motifs is 1. The molecule has 1 aromatic heterocycles. The number of nitrogens with two attached hydrogens (primary N) is 3. The number of hydrogen-bond acceptors (Lipinski definition) is 7. The Kier molecular flexibility index (Phi) is 6.78. The molecule has 2 aromatic carbocycles. The molecule has 7 N–H and O–H groups in total. The maximum Gasteiger partial charge on any atom is 0.416 e. The number of carbonyl (C=O) groups is 3. The summed E-state index contributed by atoms with van der Waals surface area (Å²) in [7, 11) is 0. The molecule has 1 unspecified atom stereocenters. The molecule has 2 heterocycles. The number of urea groups is 1. The van der Waals surface area contributed by atoms with Crippen molar-refractivity contribution in [2.24, 2.45) is 22.2 Å². The van der Waals surface area contributed by atoms with E-state index in [4.69, 9.17) is 21.6 Å². The number of amides is 4. The lowest BCUT2D eigenvalue weighted by Crippen LogP contribution is -2.50. The summed E-state index contributed by atoms with van der Waals surface area (Å²) < 4.78 is 59.3. The van der Waals surface area contributed by atoms with Gasteiger partial charge in [0, 0.05) is 5.69 Å². The van der Waals surface area contributed by atoms with Crippen molar-refractivity contribution in [2.75, 3.05) is 16.3 Å². The summed E-state index contributed by atoms with van der Waals surface area (Å²) in [5, 5.41) is 2.30. The molecule has 15 heteroatoms. The predicted octanol–water partition coefficient (Wildman–Crippen LogP) is 2.76. The lowest BCUT2D eigenvalue weighted by atomic mass is 10.1. The molecule has 0 radical (unpaired) electrons. The van der Waals surface area contributed by atoms with Crippen molar-refractivity contribution >= 4 is 46.6 Å². The predicted molar refractivity (Wildman–Crippen MR) is 127 cm³/mol. The van der Waals surface area contributed by atoms with Crippen molar-refractivity contribution in [3.05, 3.63) is 71.7 Å². The lowest BCUT2D eigenvalue weighted by molar-refractivity contribution is -0.137. The van der Waals surface area contributed by atoms with Gasteiger partial charge in [-0.1, -0.05) is 0 Å². The minimum Gasteiger partial charge on any atom is -0.446 e. The van der Waals surface area contributed by atoms with E-state index in [1.165, 1.54) is 41.5 Å². The number of alkyl halides is 3. The maximum atomic E-state index is 14.5. The first-order valence-corrected chi connectivity index (χ1v) is 10.7. The molecular weight excluding hydrogens is 514 g/mol. The van der Waals surface area contributed by atoms with Crippen LogP contribution in [0.5, 0.6) is 0 Å². The van der Waals surface area contributed by atoms with Gasteiger partial charge >= 0.3 is 12.2 Å². The molecule has 3 aromatic rings. The van der Waals surface area contributed by atoms with Gasteiger partial charge in [0.1, 0.15) is 12.0 Å². The average molecular weight is 533 g/mol. The largest absolute Gasteiger partial charge is 0.446 e. The highest BCUT2D eigenvalue weighted by atomic mass is 19.4. The second-order valence-corrected chi connectivity index (χ2v) is 7.93. The van der Waals surface area contributed by atoms with Gasteiger partial charge in [0.15, 0.2) is 0 Å². The third-order valence-electron chi connectivity index (χ3n) is 5.45. The number of carbonyl (C=O) groups excluding carboxylic acids is 3. The summed E-state index contributed by atoms with van der Waals surface area (Å²) in [5.41, 5.74) is 15.5. The molecule has 0 spiro atoms. The normalized spacial score (nSPS) is 14.9. The first kappa shape index (κ1) is 26.2. The number of anilines is 3. The molecule has 1 atom stereocenters. The fraction of sp³-hybridized carbons (Fsp3) is 0.130. The third-order valence-corrected chi connectivity index (χ3v) is 5.45. The van der Waals surface area contributed by atoms with Crippen LogP contribution in [0.2, 0.25) is 0 Å². The Labute approximate surface area is 211 Å². The van der Waals surface area contributed by atoms with Crippen molar-refractivity contribution in [1.82, 2.24) is 5.32 Å². The fourth-order valence-electron chi connectivity index (χ4n) is 3.75. The highest BCUT2D eigenvalue weighted by Crippen LogP contribution is 2.38. The number of halogens is 4. The Balaban J connectivity index is 1.73. The molecule has 4 rings (SSSR count). The van der Waals surface area contributed by atoms with Crippen LogP contribution in [0, 0.1) is 5.82 Å². The molecule has 0 saturated heterocycles. The van der Waals surface area contributed by atoms with E-state index in [1.54, 1.807) is 0 Å². The highest BCUT2D eigenvalue weighted by Gasteiger charge is 2.35. The number of hydrogen-bond donors (Lipinski definition) is 4. The molecule has 0 fully saturated rings. The number of aliphatic imine (C=N–C) groups is 1. The number of rotatable bonds is 6. The highest BCUT2D eigenvalue weighted by molar-refractivity contribution is 6.44. The SMILES string of the molecule is NC(=O)CNC(=O)C1=Nc2occc2C(N)N1c1ccc(N(C(N)=O)c2cc(C(F)(F)F)ccc2F)cc1. The van der Waals surface area contributed by atoms with Gasteiger partial charge in [-0.15, -0.1) is 0 Å². The van der Waals surface area contributed by atoms with Crippen LogP contribution in [0.15, 0.2) is 64.2 Å². The standard InChI is InChI=1S/C23H19F4N7O4/c24-15-6-1-11(23(25,26)27)9-16(15)33(22(30)37)12-2-4-13(5-3-12)34-18(29)14-7-8-38-21(14)32-19(34)20(36)31-10-17(28)35/h1-9,18H,10,29H2,(H2,28,35)(H2,30,37)(H,31,36). The molecule has 0 aliphatic carbocycles. The Morgan fingerprint density at radius 3 is 2.37 bits per heavy atom. The molecule has 198 valence electrons. The van der Waals surface area contributed by atoms with Gasteiger partial charge in [-0.3, -0.25) is 14.5 Å². The summed E-state index contributed by atoms with van der Waals surface area (Å²) in [6.07, 6.45) is -4.47. The second-order valence-electron chi connectivity index (χ2n) is 7.93. The van der Waals surface area contributed by atoms with E-state index >= 15 is 0 Å². The lowest BCUT2D eigenvalue weighted by Gasteiger charge is -2.33. The van der Waals surface area contributed by atoms with Crippen molar-refractivity contribution in [2.45, 2.75) is 12.3 Å². The van der Waals surface area contributed by atoms with E-state index in [-0.39, 0.29) is 23.1 Å². The number of amidine groups is 1. The quantitative estimate of drug-likeness (QED) is 0.355. The fourth-order valence-corrected chi connectivity index (χ4v) is 3.75. The third kappa shape index (κ3) is 4.99. The van der Waals surface area contributed by atoms with E-state index in [0.717, 1.165) is 0 Å². The van der Waals surface area contributed by atoms with E-state index < -0.39 is 53.8 Å². The molecule has 0 bridgehead atoms. The summed E-state index contributed by atoms with van der Waals surface area (Å²) in [4.78, 5) is 42.1. The van der Waals surface area contributed by atoms with Crippen molar-refractivity contribution in [3.63, 3.8) is 0 Å². The Morgan fingerprint density at radius 1 is 1.08 bits per heavy atom. The average Bonchev–Trinajstić information content (AvgIpc) is 3.32. The zero-order chi connectivity index (χ0) is 27.8. The van der Waals surface area contributed by atoms with Gasteiger partial charge in [-0.2, -0.15) is 18.2 Å². The van der Waals surface area contributed by atoms with Gasteiger partial charge < -0.3 is 31.8 Å². The molecule has 4 amide bonds. The second kappa shape index (κ2) is 9.85. The zero-order valence-electron chi connectivity index (χ0n) is 19.2. The van der Waals surface area contributed by atoms with Crippen LogP contribution in [0.3, 0.4) is 0 Å². The van der Waals surface area contributed by atoms with Gasteiger partial charge in [0.25, 0.3) is 5.91 Å². The van der Waals surface area contributed by atoms with Gasteiger partial charge in [0.2, 0.25) is 17.6 Å².